The Morgan fingerprint density at radius 3 is 2.09 bits per heavy atom. The number of rotatable bonds is 17. The number of hydrogen-bond donors (Lipinski definition) is 3. The molecule has 0 saturated heterocycles. The monoisotopic (exact) mass is 602 g/mol. The van der Waals surface area contributed by atoms with Crippen molar-refractivity contribution in [2.45, 2.75) is 99.1 Å². The average molecular weight is 603 g/mol. The van der Waals surface area contributed by atoms with Crippen LogP contribution >= 0.6 is 0 Å². The van der Waals surface area contributed by atoms with Crippen LogP contribution in [0.2, 0.25) is 0 Å². The molecular weight excluding hydrogens is 551 g/mol. The molecule has 0 aliphatic rings. The Bertz CT molecular complexity index is 971. The van der Waals surface area contributed by atoms with Crippen molar-refractivity contribution in [3.05, 3.63) is 29.8 Å². The van der Waals surface area contributed by atoms with Gasteiger partial charge in [0.25, 0.3) is 0 Å². The summed E-state index contributed by atoms with van der Waals surface area (Å²) in [7, 11) is 6.61. The van der Waals surface area contributed by atoms with Crippen LogP contribution in [-0.4, -0.2) is 74.7 Å². The second-order valence-corrected chi connectivity index (χ2v) is 9.90. The molecule has 0 aliphatic carbocycles. The smallest absolute Gasteiger partial charge is 0.243 e. The second-order valence-electron chi connectivity index (χ2n) is 9.90. The van der Waals surface area contributed by atoms with E-state index in [0.717, 1.165) is 19.1 Å². The number of nitrogens with zero attached hydrogens (tertiary/aromatic N) is 1. The number of hydrogen-bond acceptors (Lipinski definition) is 7. The van der Waals surface area contributed by atoms with Gasteiger partial charge in [0.15, 0.2) is 0 Å². The van der Waals surface area contributed by atoms with E-state index >= 15 is 0 Å². The van der Waals surface area contributed by atoms with Crippen LogP contribution in [0.25, 0.3) is 0 Å². The molecule has 1 rings (SSSR count). The van der Waals surface area contributed by atoms with E-state index in [1.54, 1.807) is 50.1 Å². The van der Waals surface area contributed by atoms with E-state index in [2.05, 4.69) is 29.8 Å². The van der Waals surface area contributed by atoms with Gasteiger partial charge in [-0.2, -0.15) is 0 Å². The van der Waals surface area contributed by atoms with E-state index < -0.39 is 23.7 Å². The molecule has 1 aromatic rings. The van der Waals surface area contributed by atoms with Gasteiger partial charge in [-0.3, -0.25) is 24.0 Å². The van der Waals surface area contributed by atoms with Gasteiger partial charge < -0.3 is 30.4 Å². The number of unbranched alkanes of at least 4 members (excludes halogenated alkanes) is 2. The van der Waals surface area contributed by atoms with E-state index in [9.17, 15) is 28.8 Å². The Morgan fingerprint density at radius 1 is 0.953 bits per heavy atom. The average Bonchev–Trinajstić information content (AvgIpc) is 2.98. The van der Waals surface area contributed by atoms with Crippen molar-refractivity contribution >= 4 is 49.3 Å². The molecule has 1 aromatic carbocycles. The van der Waals surface area contributed by atoms with Crippen molar-refractivity contribution in [1.29, 1.82) is 0 Å². The standard InChI is InChI=1S/C26H37BN4O7.C3H8.C2H6/c1-18(2)24(30-21(33)8-5-4-6-14-31(3)23(35)9-7-15-32)25(36)28-16-22(34)29-20-12-10-19(11-13-20)17-38-26(27)37;1-3-2;1-2/h10-13,15,18,24H,4-9,14,16-17H2,1-3H3,(H,28,36)(H,29,34)(H,30,33);3H2,1-2H3;1-2H3. The van der Waals surface area contributed by atoms with Crippen molar-refractivity contribution in [3.8, 4) is 0 Å². The zero-order valence-electron chi connectivity index (χ0n) is 27.0. The van der Waals surface area contributed by atoms with E-state index in [-0.39, 0.29) is 50.1 Å². The molecule has 4 amide bonds. The lowest BCUT2D eigenvalue weighted by molar-refractivity contribution is -0.131. The largest absolute Gasteiger partial charge is 0.470 e. The summed E-state index contributed by atoms with van der Waals surface area (Å²) in [5.41, 5.74) is 1.19. The van der Waals surface area contributed by atoms with Gasteiger partial charge in [-0.05, 0) is 36.5 Å². The molecule has 0 saturated carbocycles. The minimum Gasteiger partial charge on any atom is -0.470 e. The SMILES string of the molecule is CC.CCC.[B]C(=O)OCc1ccc(NC(=O)CNC(=O)C(NC(=O)CCCCCN(C)C(=O)CCC=O)C(C)C)cc1. The van der Waals surface area contributed by atoms with Crippen LogP contribution in [0, 0.1) is 5.92 Å². The summed E-state index contributed by atoms with van der Waals surface area (Å²) >= 11 is 0. The summed E-state index contributed by atoms with van der Waals surface area (Å²) in [5.74, 6) is -2.32. The maximum absolute atomic E-state index is 12.6. The van der Waals surface area contributed by atoms with Crippen LogP contribution in [0.15, 0.2) is 24.3 Å². The highest BCUT2D eigenvalue weighted by molar-refractivity contribution is 6.55. The number of nitrogens with one attached hydrogen (secondary N) is 3. The van der Waals surface area contributed by atoms with E-state index in [0.29, 0.717) is 24.2 Å². The summed E-state index contributed by atoms with van der Waals surface area (Å²) in [6.45, 7) is 12.1. The third-order valence-corrected chi connectivity index (χ3v) is 5.61. The quantitative estimate of drug-likeness (QED) is 0.138. The summed E-state index contributed by atoms with van der Waals surface area (Å²) < 4.78 is 4.69. The zero-order chi connectivity index (χ0) is 33.2. The predicted molar refractivity (Wildman–Crippen MR) is 170 cm³/mol. The Morgan fingerprint density at radius 2 is 1.56 bits per heavy atom. The summed E-state index contributed by atoms with van der Waals surface area (Å²) in [6, 6.07) is 5.78. The van der Waals surface area contributed by atoms with Gasteiger partial charge >= 0.3 is 0 Å². The molecule has 43 heavy (non-hydrogen) atoms. The van der Waals surface area contributed by atoms with Gasteiger partial charge in [-0.25, -0.2) is 0 Å². The molecule has 0 bridgehead atoms. The van der Waals surface area contributed by atoms with E-state index in [4.69, 9.17) is 12.6 Å². The molecule has 2 radical (unpaired) electrons. The molecular formula is C31H51BN4O7. The topological polar surface area (TPSA) is 151 Å². The van der Waals surface area contributed by atoms with Crippen molar-refractivity contribution < 1.29 is 33.5 Å². The van der Waals surface area contributed by atoms with Crippen LogP contribution in [0.4, 0.5) is 10.5 Å². The van der Waals surface area contributed by atoms with Gasteiger partial charge in [0, 0.05) is 38.5 Å². The Kier molecular flexibility index (Phi) is 25.0. The number of carbonyl (C=O) groups is 6. The molecule has 0 aromatic heterocycles. The minimum absolute atomic E-state index is 0.0176. The molecule has 1 atom stereocenters. The van der Waals surface area contributed by atoms with Crippen molar-refractivity contribution in [2.75, 3.05) is 25.5 Å². The highest BCUT2D eigenvalue weighted by atomic mass is 16.5. The summed E-state index contributed by atoms with van der Waals surface area (Å²) in [5, 5.41) is 7.93. The number of aldehydes is 1. The number of benzene rings is 1. The fourth-order valence-corrected chi connectivity index (χ4v) is 3.41. The Hall–Kier alpha value is -3.70. The predicted octanol–water partition coefficient (Wildman–Crippen LogP) is 4.13. The van der Waals surface area contributed by atoms with Crippen LogP contribution in [0.1, 0.15) is 92.1 Å². The van der Waals surface area contributed by atoms with Gasteiger partial charge in [-0.1, -0.05) is 66.5 Å². The van der Waals surface area contributed by atoms with Gasteiger partial charge in [0.1, 0.15) is 18.9 Å². The molecule has 0 aliphatic heterocycles. The first-order chi connectivity index (χ1) is 20.4. The lowest BCUT2D eigenvalue weighted by Gasteiger charge is -2.21. The zero-order valence-corrected chi connectivity index (χ0v) is 27.0. The van der Waals surface area contributed by atoms with Crippen LogP contribution in [0.3, 0.4) is 0 Å². The number of carbonyl (C=O) groups excluding carboxylic acids is 6. The molecule has 1 unspecified atom stereocenters. The first-order valence-electron chi connectivity index (χ1n) is 15.0. The molecule has 11 nitrogen and oxygen atoms in total. The highest BCUT2D eigenvalue weighted by Gasteiger charge is 2.24. The van der Waals surface area contributed by atoms with Crippen molar-refractivity contribution in [2.24, 2.45) is 5.92 Å². The molecule has 0 spiro atoms. The van der Waals surface area contributed by atoms with E-state index in [1.807, 2.05) is 13.8 Å². The maximum Gasteiger partial charge on any atom is 0.243 e. The second kappa shape index (κ2) is 26.0. The normalized spacial score (nSPS) is 10.5. The maximum atomic E-state index is 12.6. The van der Waals surface area contributed by atoms with Crippen LogP contribution in [-0.2, 0) is 35.3 Å². The van der Waals surface area contributed by atoms with Crippen molar-refractivity contribution in [1.82, 2.24) is 15.5 Å². The van der Waals surface area contributed by atoms with Crippen LogP contribution < -0.4 is 16.0 Å². The lowest BCUT2D eigenvalue weighted by Crippen LogP contribution is -2.51. The third kappa shape index (κ3) is 21.6. The molecule has 0 fully saturated rings. The third-order valence-electron chi connectivity index (χ3n) is 5.61. The highest BCUT2D eigenvalue weighted by Crippen LogP contribution is 2.11. The van der Waals surface area contributed by atoms with Crippen LogP contribution in [0.5, 0.6) is 0 Å². The fraction of sp³-hybridized carbons (Fsp3) is 0.613. The molecule has 0 heterocycles. The first kappa shape index (κ1) is 41.4. The number of amides is 4. The molecule has 12 heteroatoms. The summed E-state index contributed by atoms with van der Waals surface area (Å²) in [6.07, 6.45) is 4.68. The van der Waals surface area contributed by atoms with Gasteiger partial charge in [0.05, 0.1) is 6.54 Å². The minimum atomic E-state index is -0.879. The lowest BCUT2D eigenvalue weighted by atomic mass is 10.0. The Labute approximate surface area is 258 Å². The number of anilines is 1. The summed E-state index contributed by atoms with van der Waals surface area (Å²) in [4.78, 5) is 71.6. The fourth-order valence-electron chi connectivity index (χ4n) is 3.41. The van der Waals surface area contributed by atoms with E-state index in [1.165, 1.54) is 6.42 Å². The van der Waals surface area contributed by atoms with Gasteiger partial charge in [-0.15, -0.1) is 0 Å². The Balaban J connectivity index is 0. The number of ether oxygens (including phenoxy) is 1. The first-order valence-corrected chi connectivity index (χ1v) is 15.0. The van der Waals surface area contributed by atoms with Gasteiger partial charge in [0.2, 0.25) is 37.3 Å². The molecule has 3 N–H and O–H groups in total. The molecule has 240 valence electrons. The van der Waals surface area contributed by atoms with Crippen molar-refractivity contribution in [3.63, 3.8) is 0 Å².